The molecular formula is C17H18O3. The fraction of sp³-hybridized carbons (Fsp3) is 0.529. The SMILES string of the molecule is CC1C[C@]23c4c5ccc(O)c4O[C@H]2[C@@H](O)C=C[C@H]3[C@H]1C5. The Morgan fingerprint density at radius 3 is 3.00 bits per heavy atom. The van der Waals surface area contributed by atoms with Gasteiger partial charge in [0, 0.05) is 11.0 Å². The summed E-state index contributed by atoms with van der Waals surface area (Å²) < 4.78 is 6.06. The van der Waals surface area contributed by atoms with Crippen LogP contribution >= 0.6 is 0 Å². The first kappa shape index (κ1) is 11.2. The van der Waals surface area contributed by atoms with Crippen LogP contribution in [0.5, 0.6) is 11.5 Å². The second-order valence-electron chi connectivity index (χ2n) is 6.98. The van der Waals surface area contributed by atoms with Gasteiger partial charge in [-0.2, -0.15) is 0 Å². The standard InChI is InChI=1S/C17H18O3/c1-8-7-17-11-3-5-13(19)16(17)20-15-12(18)4-2-9(14(15)17)6-10(8)11/h2-5,8,10-11,13,16,18-19H,6-7H2,1H3/t8?,10-,11-,13-,16-,17-/m0/s1. The van der Waals surface area contributed by atoms with Crippen molar-refractivity contribution in [1.82, 2.24) is 0 Å². The highest BCUT2D eigenvalue weighted by Gasteiger charge is 2.66. The van der Waals surface area contributed by atoms with Gasteiger partial charge in [0.15, 0.2) is 11.5 Å². The number of aliphatic hydroxyl groups excluding tert-OH is 1. The minimum atomic E-state index is -0.574. The van der Waals surface area contributed by atoms with Gasteiger partial charge in [-0.15, -0.1) is 0 Å². The Morgan fingerprint density at radius 1 is 1.30 bits per heavy atom. The summed E-state index contributed by atoms with van der Waals surface area (Å²) in [6, 6.07) is 3.79. The van der Waals surface area contributed by atoms with E-state index in [9.17, 15) is 10.2 Å². The molecule has 0 saturated heterocycles. The van der Waals surface area contributed by atoms with Crippen LogP contribution in [0.3, 0.4) is 0 Å². The zero-order valence-electron chi connectivity index (χ0n) is 11.4. The van der Waals surface area contributed by atoms with Crippen LogP contribution in [0.2, 0.25) is 0 Å². The lowest BCUT2D eigenvalue weighted by Crippen LogP contribution is -2.52. The van der Waals surface area contributed by atoms with Crippen molar-refractivity contribution in [2.24, 2.45) is 17.8 Å². The van der Waals surface area contributed by atoms with Crippen LogP contribution in [0.15, 0.2) is 24.3 Å². The van der Waals surface area contributed by atoms with Gasteiger partial charge in [-0.1, -0.05) is 25.1 Å². The number of ether oxygens (including phenoxy) is 1. The number of hydrogen-bond acceptors (Lipinski definition) is 3. The van der Waals surface area contributed by atoms with E-state index < -0.39 is 6.10 Å². The molecule has 0 radical (unpaired) electrons. The first-order chi connectivity index (χ1) is 9.63. The van der Waals surface area contributed by atoms with Gasteiger partial charge in [0.25, 0.3) is 0 Å². The number of rotatable bonds is 0. The molecule has 3 nitrogen and oxygen atoms in total. The maximum Gasteiger partial charge on any atom is 0.165 e. The summed E-state index contributed by atoms with van der Waals surface area (Å²) in [6.45, 7) is 2.32. The second kappa shape index (κ2) is 3.22. The quantitative estimate of drug-likeness (QED) is 0.710. The first-order valence-electron chi connectivity index (χ1n) is 7.51. The lowest BCUT2D eigenvalue weighted by Gasteiger charge is -2.44. The number of benzene rings is 1. The molecule has 1 unspecified atom stereocenters. The molecule has 1 aromatic carbocycles. The average molecular weight is 270 g/mol. The molecular weight excluding hydrogens is 252 g/mol. The lowest BCUT2D eigenvalue weighted by atomic mass is 9.59. The lowest BCUT2D eigenvalue weighted by molar-refractivity contribution is 0.00909. The number of phenolic OH excluding ortho intramolecular Hbond substituents is 1. The summed E-state index contributed by atoms with van der Waals surface area (Å²) in [6.07, 6.45) is 5.42. The highest BCUT2D eigenvalue weighted by molar-refractivity contribution is 5.61. The van der Waals surface area contributed by atoms with E-state index in [2.05, 4.69) is 13.0 Å². The van der Waals surface area contributed by atoms with Crippen molar-refractivity contribution in [3.8, 4) is 11.5 Å². The molecule has 0 amide bonds. The molecule has 3 heteroatoms. The molecule has 3 aliphatic carbocycles. The van der Waals surface area contributed by atoms with Crippen molar-refractivity contribution in [1.29, 1.82) is 0 Å². The summed E-state index contributed by atoms with van der Waals surface area (Å²) >= 11 is 0. The van der Waals surface area contributed by atoms with E-state index >= 15 is 0 Å². The van der Waals surface area contributed by atoms with Crippen molar-refractivity contribution >= 4 is 0 Å². The number of aromatic hydroxyl groups is 1. The molecule has 1 spiro atoms. The fourth-order valence-electron chi connectivity index (χ4n) is 5.52. The molecule has 0 aromatic heterocycles. The van der Waals surface area contributed by atoms with E-state index in [1.54, 1.807) is 6.07 Å². The summed E-state index contributed by atoms with van der Waals surface area (Å²) in [5.41, 5.74) is 2.39. The van der Waals surface area contributed by atoms with E-state index in [4.69, 9.17) is 4.74 Å². The van der Waals surface area contributed by atoms with Gasteiger partial charge in [0.2, 0.25) is 0 Å². The smallest absolute Gasteiger partial charge is 0.165 e. The van der Waals surface area contributed by atoms with E-state index in [0.717, 1.165) is 12.8 Å². The predicted octanol–water partition coefficient (Wildman–Crippen LogP) is 2.15. The van der Waals surface area contributed by atoms with Crippen molar-refractivity contribution < 1.29 is 14.9 Å². The number of hydrogen-bond donors (Lipinski definition) is 2. The molecule has 2 N–H and O–H groups in total. The van der Waals surface area contributed by atoms with Crippen molar-refractivity contribution in [2.45, 2.75) is 37.4 Å². The largest absolute Gasteiger partial charge is 0.504 e. The van der Waals surface area contributed by atoms with Gasteiger partial charge in [0.05, 0.1) is 0 Å². The predicted molar refractivity (Wildman–Crippen MR) is 73.8 cm³/mol. The van der Waals surface area contributed by atoms with E-state index in [-0.39, 0.29) is 17.3 Å². The van der Waals surface area contributed by atoms with Gasteiger partial charge in [-0.3, -0.25) is 0 Å². The molecule has 6 atom stereocenters. The van der Waals surface area contributed by atoms with Crippen LogP contribution in [0, 0.1) is 17.8 Å². The third kappa shape index (κ3) is 0.986. The Balaban J connectivity index is 1.87. The minimum Gasteiger partial charge on any atom is -0.504 e. The Hall–Kier alpha value is -1.48. The Labute approximate surface area is 117 Å². The Kier molecular flexibility index (Phi) is 1.81. The molecule has 2 bridgehead atoms. The van der Waals surface area contributed by atoms with Gasteiger partial charge in [-0.25, -0.2) is 0 Å². The Morgan fingerprint density at radius 2 is 2.15 bits per heavy atom. The summed E-state index contributed by atoms with van der Waals surface area (Å²) in [7, 11) is 0. The van der Waals surface area contributed by atoms with Crippen LogP contribution in [-0.2, 0) is 11.8 Å². The molecule has 4 aliphatic rings. The normalized spacial score (nSPS) is 46.2. The van der Waals surface area contributed by atoms with Crippen molar-refractivity contribution in [3.63, 3.8) is 0 Å². The zero-order chi connectivity index (χ0) is 13.6. The van der Waals surface area contributed by atoms with Crippen LogP contribution in [0.25, 0.3) is 0 Å². The second-order valence-corrected chi connectivity index (χ2v) is 6.98. The summed E-state index contributed by atoms with van der Waals surface area (Å²) in [5, 5.41) is 20.5. The Bertz CT molecular complexity index is 650. The minimum absolute atomic E-state index is 0.111. The van der Waals surface area contributed by atoms with Crippen LogP contribution in [0.1, 0.15) is 24.5 Å². The first-order valence-corrected chi connectivity index (χ1v) is 7.51. The molecule has 1 aromatic rings. The molecule has 1 saturated carbocycles. The van der Waals surface area contributed by atoms with E-state index in [1.165, 1.54) is 11.1 Å². The fourth-order valence-corrected chi connectivity index (χ4v) is 5.52. The number of phenols is 1. The van der Waals surface area contributed by atoms with Gasteiger partial charge in [-0.05, 0) is 42.2 Å². The van der Waals surface area contributed by atoms with Crippen LogP contribution in [-0.4, -0.2) is 22.4 Å². The topological polar surface area (TPSA) is 49.7 Å². The zero-order valence-corrected chi connectivity index (χ0v) is 11.4. The van der Waals surface area contributed by atoms with Crippen LogP contribution < -0.4 is 4.74 Å². The highest BCUT2D eigenvalue weighted by Crippen LogP contribution is 2.67. The van der Waals surface area contributed by atoms with E-state index in [0.29, 0.717) is 23.5 Å². The van der Waals surface area contributed by atoms with Gasteiger partial charge < -0.3 is 14.9 Å². The average Bonchev–Trinajstić information content (AvgIpc) is 2.87. The maximum absolute atomic E-state index is 10.4. The summed E-state index contributed by atoms with van der Waals surface area (Å²) in [5.74, 6) is 2.56. The molecule has 104 valence electrons. The van der Waals surface area contributed by atoms with Crippen molar-refractivity contribution in [2.75, 3.05) is 0 Å². The summed E-state index contributed by atoms with van der Waals surface area (Å²) in [4.78, 5) is 0. The number of aliphatic hydroxyl groups is 1. The molecule has 20 heavy (non-hydrogen) atoms. The van der Waals surface area contributed by atoms with Gasteiger partial charge in [0.1, 0.15) is 12.2 Å². The monoisotopic (exact) mass is 270 g/mol. The molecule has 5 rings (SSSR count). The number of allylic oxidation sites excluding steroid dienone is 1. The third-order valence-electron chi connectivity index (χ3n) is 6.17. The third-order valence-corrected chi connectivity index (χ3v) is 6.17. The highest BCUT2D eigenvalue weighted by atomic mass is 16.5. The van der Waals surface area contributed by atoms with Gasteiger partial charge >= 0.3 is 0 Å². The maximum atomic E-state index is 10.4. The molecule has 1 fully saturated rings. The molecule has 1 heterocycles. The van der Waals surface area contributed by atoms with Crippen LogP contribution in [0.4, 0.5) is 0 Å². The van der Waals surface area contributed by atoms with Crippen molar-refractivity contribution in [3.05, 3.63) is 35.4 Å². The van der Waals surface area contributed by atoms with E-state index in [1.807, 2.05) is 12.1 Å². The molecule has 1 aliphatic heterocycles.